The zero-order chi connectivity index (χ0) is 27.2. The Balaban J connectivity index is 5.24. The van der Waals surface area contributed by atoms with E-state index in [0.717, 1.165) is 63.6 Å². The molecule has 10 heteroatoms. The predicted octanol–water partition coefficient (Wildman–Crippen LogP) is 5.64. The van der Waals surface area contributed by atoms with E-state index in [1.807, 2.05) is 41.5 Å². The number of unbranched alkanes of at least 4 members (excludes halogenated alkanes) is 4. The first kappa shape index (κ1) is 36.1. The molecule has 36 heavy (non-hydrogen) atoms. The van der Waals surface area contributed by atoms with E-state index in [-0.39, 0.29) is 5.54 Å². The maximum Gasteiger partial charge on any atom is 0.500 e. The Morgan fingerprint density at radius 1 is 0.472 bits per heavy atom. The molecule has 0 rings (SSSR count). The van der Waals surface area contributed by atoms with Gasteiger partial charge in [0.1, 0.15) is 0 Å². The average molecular weight is 553 g/mol. The second-order valence-corrected chi connectivity index (χ2v) is 14.8. The van der Waals surface area contributed by atoms with Crippen molar-refractivity contribution in [1.82, 2.24) is 0 Å². The molecule has 0 radical (unpaired) electrons. The summed E-state index contributed by atoms with van der Waals surface area (Å²) >= 11 is 0. The quantitative estimate of drug-likeness (QED) is 0.0996. The fourth-order valence-electron chi connectivity index (χ4n) is 4.84. The van der Waals surface area contributed by atoms with E-state index < -0.39 is 17.6 Å². The van der Waals surface area contributed by atoms with Crippen LogP contribution >= 0.6 is 0 Å². The first-order valence-corrected chi connectivity index (χ1v) is 18.5. The highest BCUT2D eigenvalue weighted by Gasteiger charge is 2.42. The summed E-state index contributed by atoms with van der Waals surface area (Å²) in [6.45, 7) is 16.4. The lowest BCUT2D eigenvalue weighted by molar-refractivity contribution is 0.0698. The van der Waals surface area contributed by atoms with Crippen molar-refractivity contribution in [3.63, 3.8) is 0 Å². The van der Waals surface area contributed by atoms with E-state index in [1.54, 1.807) is 0 Å². The predicted molar refractivity (Wildman–Crippen MR) is 153 cm³/mol. The first-order valence-electron chi connectivity index (χ1n) is 14.7. The largest absolute Gasteiger partial charge is 0.500 e. The monoisotopic (exact) mass is 552 g/mol. The Morgan fingerprint density at radius 3 is 1.11 bits per heavy atom. The summed E-state index contributed by atoms with van der Waals surface area (Å²) in [4.78, 5) is 0. The third-order valence-electron chi connectivity index (χ3n) is 6.38. The second-order valence-electron chi connectivity index (χ2n) is 9.34. The van der Waals surface area contributed by atoms with Gasteiger partial charge >= 0.3 is 17.6 Å². The molecule has 0 heterocycles. The van der Waals surface area contributed by atoms with E-state index in [9.17, 15) is 0 Å². The van der Waals surface area contributed by atoms with Crippen molar-refractivity contribution in [2.75, 3.05) is 46.2 Å². The molecule has 0 aliphatic rings. The van der Waals surface area contributed by atoms with Crippen LogP contribution in [0.4, 0.5) is 0 Å². The molecule has 0 amide bonds. The van der Waals surface area contributed by atoms with Gasteiger partial charge in [-0.3, -0.25) is 0 Å². The van der Waals surface area contributed by atoms with Crippen LogP contribution in [0.3, 0.4) is 0 Å². The van der Waals surface area contributed by atoms with Crippen LogP contribution in [-0.4, -0.2) is 69.3 Å². The summed E-state index contributed by atoms with van der Waals surface area (Å²) in [6.07, 6.45) is 10.6. The van der Waals surface area contributed by atoms with Crippen LogP contribution in [0, 0.1) is 0 Å². The van der Waals surface area contributed by atoms with Crippen LogP contribution in [0.5, 0.6) is 0 Å². The Kier molecular flexibility index (Phi) is 22.1. The van der Waals surface area contributed by atoms with E-state index >= 15 is 0 Å². The van der Waals surface area contributed by atoms with Crippen molar-refractivity contribution >= 4 is 17.6 Å². The molecule has 0 aromatic heterocycles. The maximum atomic E-state index is 7.11. The number of hydrogen-bond donors (Lipinski definition) is 2. The molecule has 0 aliphatic carbocycles. The Hall–Kier alpha value is 0.114. The van der Waals surface area contributed by atoms with Crippen LogP contribution in [0.1, 0.15) is 106 Å². The van der Waals surface area contributed by atoms with E-state index in [0.29, 0.717) is 39.6 Å². The molecule has 0 saturated heterocycles. The van der Waals surface area contributed by atoms with Crippen LogP contribution in [0.25, 0.3) is 0 Å². The van der Waals surface area contributed by atoms with Gasteiger partial charge in [-0.05, 0) is 86.6 Å². The maximum absolute atomic E-state index is 7.11. The van der Waals surface area contributed by atoms with Crippen LogP contribution < -0.4 is 11.5 Å². The first-order chi connectivity index (χ1) is 17.3. The molecule has 8 nitrogen and oxygen atoms in total. The average Bonchev–Trinajstić information content (AvgIpc) is 2.82. The second kappa shape index (κ2) is 22.0. The molecule has 0 aliphatic heterocycles. The van der Waals surface area contributed by atoms with Crippen molar-refractivity contribution in [2.24, 2.45) is 11.5 Å². The molecule has 0 spiro atoms. The van der Waals surface area contributed by atoms with Crippen molar-refractivity contribution in [1.29, 1.82) is 0 Å². The van der Waals surface area contributed by atoms with Crippen LogP contribution in [0.15, 0.2) is 0 Å². The van der Waals surface area contributed by atoms with Gasteiger partial charge in [-0.15, -0.1) is 0 Å². The van der Waals surface area contributed by atoms with Crippen LogP contribution in [-0.2, 0) is 26.6 Å². The third-order valence-corrected chi connectivity index (χ3v) is 12.7. The van der Waals surface area contributed by atoms with Crippen molar-refractivity contribution in [3.8, 4) is 0 Å². The summed E-state index contributed by atoms with van der Waals surface area (Å²) in [6, 6.07) is 1.60. The number of rotatable bonds is 27. The molecule has 0 aromatic rings. The Morgan fingerprint density at radius 2 is 0.778 bits per heavy atom. The summed E-state index contributed by atoms with van der Waals surface area (Å²) in [5.41, 5.74) is 12.5. The topological polar surface area (TPSA) is 107 Å². The molecule has 4 N–H and O–H groups in total. The van der Waals surface area contributed by atoms with Crippen LogP contribution in [0.2, 0.25) is 12.1 Å². The van der Waals surface area contributed by atoms with Gasteiger partial charge in [0.15, 0.2) is 0 Å². The summed E-state index contributed by atoms with van der Waals surface area (Å²) in [5.74, 6) is 0. The summed E-state index contributed by atoms with van der Waals surface area (Å²) < 4.78 is 36.4. The highest BCUT2D eigenvalue weighted by molar-refractivity contribution is 6.61. The van der Waals surface area contributed by atoms with E-state index in [4.69, 9.17) is 38.0 Å². The molecule has 0 fully saturated rings. The lowest BCUT2D eigenvalue weighted by atomic mass is 9.84. The molecular formula is C26H60N2O6Si2. The lowest BCUT2D eigenvalue weighted by Crippen LogP contribution is -2.48. The van der Waals surface area contributed by atoms with Gasteiger partial charge in [-0.2, -0.15) is 0 Å². The zero-order valence-electron chi connectivity index (χ0n) is 24.5. The molecule has 0 bridgehead atoms. The fourth-order valence-corrected chi connectivity index (χ4v) is 10.1. The van der Waals surface area contributed by atoms with Gasteiger partial charge < -0.3 is 38.0 Å². The number of hydrogen-bond acceptors (Lipinski definition) is 8. The third kappa shape index (κ3) is 15.5. The van der Waals surface area contributed by atoms with Gasteiger partial charge in [-0.1, -0.05) is 25.7 Å². The minimum Gasteiger partial charge on any atom is -0.374 e. The standard InChI is InChI=1S/C26H60N2O6Si2/c1-7-29-35(30-8-2,31-9-3)24-18-21-26(28,20-16-14-13-15-17-23-27)22-19-25-36(32-10-4,33-11-5)34-12-6/h7-25,27-28H2,1-6H3. The summed E-state index contributed by atoms with van der Waals surface area (Å²) in [5, 5.41) is 0. The van der Waals surface area contributed by atoms with Gasteiger partial charge in [0.2, 0.25) is 0 Å². The molecule has 0 saturated carbocycles. The highest BCUT2D eigenvalue weighted by Crippen LogP contribution is 2.30. The smallest absolute Gasteiger partial charge is 0.374 e. The highest BCUT2D eigenvalue weighted by atomic mass is 28.4. The molecule has 218 valence electrons. The minimum atomic E-state index is -2.66. The minimum absolute atomic E-state index is 0.247. The van der Waals surface area contributed by atoms with Crippen molar-refractivity contribution in [3.05, 3.63) is 0 Å². The summed E-state index contributed by atoms with van der Waals surface area (Å²) in [7, 11) is -5.32. The van der Waals surface area contributed by atoms with Gasteiger partial charge in [0.25, 0.3) is 0 Å². The lowest BCUT2D eigenvalue weighted by Gasteiger charge is -2.34. The fraction of sp³-hybridized carbons (Fsp3) is 1.00. The van der Waals surface area contributed by atoms with Crippen molar-refractivity contribution in [2.45, 2.75) is 123 Å². The molecule has 0 aromatic carbocycles. The molecule has 0 atom stereocenters. The SMILES string of the molecule is CCO[Si](CCCC(N)(CCCCCCCN)CCC[Si](OCC)(OCC)OCC)(OCC)OCC. The van der Waals surface area contributed by atoms with E-state index in [2.05, 4.69) is 0 Å². The Bertz CT molecular complexity index is 439. The molecule has 0 unspecified atom stereocenters. The number of nitrogens with two attached hydrogens (primary N) is 2. The Labute approximate surface area is 225 Å². The molecular weight excluding hydrogens is 492 g/mol. The van der Waals surface area contributed by atoms with E-state index in [1.165, 1.54) is 19.3 Å². The zero-order valence-corrected chi connectivity index (χ0v) is 26.5. The van der Waals surface area contributed by atoms with Gasteiger partial charge in [0, 0.05) is 57.3 Å². The normalized spacial score (nSPS) is 13.0. The van der Waals surface area contributed by atoms with Crippen molar-refractivity contribution < 1.29 is 26.6 Å². The van der Waals surface area contributed by atoms with Gasteiger partial charge in [-0.25, -0.2) is 0 Å². The van der Waals surface area contributed by atoms with Gasteiger partial charge in [0.05, 0.1) is 0 Å².